The van der Waals surface area contributed by atoms with Gasteiger partial charge < -0.3 is 14.8 Å². The molecule has 30 heavy (non-hydrogen) atoms. The molecule has 0 saturated carbocycles. The molecule has 6 nitrogen and oxygen atoms in total. The van der Waals surface area contributed by atoms with Gasteiger partial charge in [0.2, 0.25) is 5.95 Å². The molecule has 1 atom stereocenters. The van der Waals surface area contributed by atoms with Crippen molar-refractivity contribution in [2.24, 2.45) is 0 Å². The van der Waals surface area contributed by atoms with Crippen molar-refractivity contribution >= 4 is 11.6 Å². The van der Waals surface area contributed by atoms with Crippen LogP contribution in [-0.4, -0.2) is 21.9 Å². The smallest absolute Gasteiger partial charge is 0.226 e. The number of hydrogen-bond acceptors (Lipinski definition) is 5. The third-order valence-corrected chi connectivity index (χ3v) is 4.99. The van der Waals surface area contributed by atoms with Crippen LogP contribution >= 0.6 is 0 Å². The Balaban J connectivity index is 1.50. The average molecular weight is 396 g/mol. The highest BCUT2D eigenvalue weighted by Gasteiger charge is 2.23. The van der Waals surface area contributed by atoms with E-state index in [2.05, 4.69) is 27.5 Å². The van der Waals surface area contributed by atoms with Crippen LogP contribution in [0.3, 0.4) is 0 Å². The third kappa shape index (κ3) is 3.51. The summed E-state index contributed by atoms with van der Waals surface area (Å²) in [5.74, 6) is 3.09. The summed E-state index contributed by atoms with van der Waals surface area (Å²) in [5.41, 5.74) is 3.08. The first-order valence-electron chi connectivity index (χ1n) is 9.66. The normalized spacial score (nSPS) is 15.0. The van der Waals surface area contributed by atoms with Gasteiger partial charge in [0.05, 0.1) is 7.11 Å². The summed E-state index contributed by atoms with van der Waals surface area (Å²) in [5, 5.41) is 7.78. The van der Waals surface area contributed by atoms with E-state index in [1.807, 2.05) is 77.5 Å². The molecule has 0 saturated heterocycles. The predicted molar refractivity (Wildman–Crippen MR) is 116 cm³/mol. The first kappa shape index (κ1) is 18.0. The summed E-state index contributed by atoms with van der Waals surface area (Å²) < 4.78 is 13.2. The number of anilines is 1. The van der Waals surface area contributed by atoms with Crippen molar-refractivity contribution in [3.05, 3.63) is 102 Å². The van der Waals surface area contributed by atoms with E-state index in [-0.39, 0.29) is 6.04 Å². The molecule has 1 aliphatic heterocycles. The van der Waals surface area contributed by atoms with Crippen molar-refractivity contribution in [2.75, 3.05) is 12.4 Å². The molecule has 1 aromatic heterocycles. The topological polar surface area (TPSA) is 61.2 Å². The van der Waals surface area contributed by atoms with Crippen molar-refractivity contribution in [1.29, 1.82) is 0 Å². The Morgan fingerprint density at radius 1 is 0.867 bits per heavy atom. The molecule has 0 unspecified atom stereocenters. The maximum absolute atomic E-state index is 6.02. The van der Waals surface area contributed by atoms with Crippen LogP contribution in [0.4, 0.5) is 5.95 Å². The first-order chi connectivity index (χ1) is 14.8. The fraction of sp³-hybridized carbons (Fsp3) is 0.0833. The molecule has 0 aliphatic carbocycles. The minimum absolute atomic E-state index is 0.111. The average Bonchev–Trinajstić information content (AvgIpc) is 3.28. The van der Waals surface area contributed by atoms with Gasteiger partial charge in [0, 0.05) is 5.70 Å². The monoisotopic (exact) mass is 396 g/mol. The number of hydrogen-bond donors (Lipinski definition) is 1. The van der Waals surface area contributed by atoms with Crippen LogP contribution in [-0.2, 0) is 0 Å². The second-order valence-corrected chi connectivity index (χ2v) is 6.89. The third-order valence-electron chi connectivity index (χ3n) is 4.99. The quantitative estimate of drug-likeness (QED) is 0.506. The van der Waals surface area contributed by atoms with Crippen molar-refractivity contribution in [3.8, 4) is 17.2 Å². The van der Waals surface area contributed by atoms with Gasteiger partial charge in [-0.1, -0.05) is 30.3 Å². The van der Waals surface area contributed by atoms with Crippen molar-refractivity contribution in [1.82, 2.24) is 14.8 Å². The Morgan fingerprint density at radius 2 is 1.67 bits per heavy atom. The highest BCUT2D eigenvalue weighted by molar-refractivity contribution is 5.77. The highest BCUT2D eigenvalue weighted by Crippen LogP contribution is 2.34. The molecule has 1 N–H and O–H groups in total. The van der Waals surface area contributed by atoms with Gasteiger partial charge in [-0.3, -0.25) is 0 Å². The van der Waals surface area contributed by atoms with Crippen LogP contribution in [0.5, 0.6) is 17.2 Å². The molecular weight excluding hydrogens is 376 g/mol. The Bertz CT molecular complexity index is 1180. The van der Waals surface area contributed by atoms with E-state index in [1.54, 1.807) is 13.4 Å². The number of para-hydroxylation sites is 1. The van der Waals surface area contributed by atoms with Crippen LogP contribution in [0.2, 0.25) is 0 Å². The summed E-state index contributed by atoms with van der Waals surface area (Å²) in [6.45, 7) is 0. The molecule has 6 heteroatoms. The number of benzene rings is 3. The predicted octanol–water partition coefficient (Wildman–Crippen LogP) is 5.14. The van der Waals surface area contributed by atoms with E-state index >= 15 is 0 Å². The largest absolute Gasteiger partial charge is 0.497 e. The standard InChI is InChI=1S/C24H20N4O2/c1-29-19-12-10-17(11-13-19)22-15-23(28-24(27-22)25-16-26-28)18-6-5-9-21(14-18)30-20-7-3-2-4-8-20/h2-16,23H,1H3,(H,25,26,27)/t23-/m0/s1. The summed E-state index contributed by atoms with van der Waals surface area (Å²) in [6, 6.07) is 25.6. The lowest BCUT2D eigenvalue weighted by atomic mass is 10.0. The zero-order chi connectivity index (χ0) is 20.3. The van der Waals surface area contributed by atoms with E-state index in [0.29, 0.717) is 5.95 Å². The molecule has 148 valence electrons. The number of aromatic nitrogens is 3. The zero-order valence-corrected chi connectivity index (χ0v) is 16.4. The lowest BCUT2D eigenvalue weighted by Gasteiger charge is -2.24. The number of methoxy groups -OCH3 is 1. The zero-order valence-electron chi connectivity index (χ0n) is 16.4. The molecule has 4 aromatic rings. The fourth-order valence-corrected chi connectivity index (χ4v) is 3.50. The molecule has 3 aromatic carbocycles. The van der Waals surface area contributed by atoms with Crippen LogP contribution in [0.1, 0.15) is 17.2 Å². The van der Waals surface area contributed by atoms with Crippen molar-refractivity contribution in [3.63, 3.8) is 0 Å². The maximum atomic E-state index is 6.02. The molecule has 2 heterocycles. The molecule has 0 radical (unpaired) electrons. The highest BCUT2D eigenvalue weighted by atomic mass is 16.5. The van der Waals surface area contributed by atoms with Gasteiger partial charge in [-0.15, -0.1) is 0 Å². The van der Waals surface area contributed by atoms with E-state index in [9.17, 15) is 0 Å². The lowest BCUT2D eigenvalue weighted by molar-refractivity contribution is 0.415. The summed E-state index contributed by atoms with van der Waals surface area (Å²) in [6.07, 6.45) is 3.70. The van der Waals surface area contributed by atoms with Crippen LogP contribution in [0.25, 0.3) is 5.70 Å². The first-order valence-corrected chi connectivity index (χ1v) is 9.66. The Morgan fingerprint density at radius 3 is 2.47 bits per heavy atom. The van der Waals surface area contributed by atoms with Gasteiger partial charge in [0.1, 0.15) is 29.6 Å². The number of nitrogens with zero attached hydrogens (tertiary/aromatic N) is 3. The van der Waals surface area contributed by atoms with E-state index < -0.39 is 0 Å². The number of rotatable bonds is 5. The van der Waals surface area contributed by atoms with Gasteiger partial charge >= 0.3 is 0 Å². The molecule has 0 bridgehead atoms. The summed E-state index contributed by atoms with van der Waals surface area (Å²) in [7, 11) is 1.66. The Hall–Kier alpha value is -4.06. The minimum atomic E-state index is -0.111. The fourth-order valence-electron chi connectivity index (χ4n) is 3.50. The minimum Gasteiger partial charge on any atom is -0.497 e. The summed E-state index contributed by atoms with van der Waals surface area (Å²) in [4.78, 5) is 4.38. The molecule has 0 amide bonds. The second kappa shape index (κ2) is 7.75. The van der Waals surface area contributed by atoms with Gasteiger partial charge in [0.15, 0.2) is 0 Å². The number of allylic oxidation sites excluding steroid dienone is 1. The van der Waals surface area contributed by atoms with Crippen LogP contribution in [0.15, 0.2) is 91.3 Å². The van der Waals surface area contributed by atoms with Gasteiger partial charge in [-0.25, -0.2) is 4.68 Å². The number of ether oxygens (including phenoxy) is 2. The van der Waals surface area contributed by atoms with Gasteiger partial charge in [0.25, 0.3) is 0 Å². The molecule has 0 fully saturated rings. The summed E-state index contributed by atoms with van der Waals surface area (Å²) >= 11 is 0. The number of fused-ring (bicyclic) bond motifs is 1. The molecule has 1 aliphatic rings. The van der Waals surface area contributed by atoms with Gasteiger partial charge in [-0.05, 0) is 65.7 Å². The van der Waals surface area contributed by atoms with E-state index in [1.165, 1.54) is 0 Å². The SMILES string of the molecule is COc1ccc(C2=C[C@@H](c3cccc(Oc4ccccc4)c3)n3ncnc3N2)cc1. The molecule has 0 spiro atoms. The van der Waals surface area contributed by atoms with E-state index in [4.69, 9.17) is 9.47 Å². The lowest BCUT2D eigenvalue weighted by Crippen LogP contribution is -2.20. The van der Waals surface area contributed by atoms with Crippen molar-refractivity contribution < 1.29 is 9.47 Å². The van der Waals surface area contributed by atoms with E-state index in [0.717, 1.165) is 34.1 Å². The second-order valence-electron chi connectivity index (χ2n) is 6.89. The molecule has 5 rings (SSSR count). The van der Waals surface area contributed by atoms with Gasteiger partial charge in [-0.2, -0.15) is 10.1 Å². The Labute approximate surface area is 174 Å². The van der Waals surface area contributed by atoms with Crippen LogP contribution in [0, 0.1) is 0 Å². The molecular formula is C24H20N4O2. The van der Waals surface area contributed by atoms with Crippen molar-refractivity contribution in [2.45, 2.75) is 6.04 Å². The maximum Gasteiger partial charge on any atom is 0.226 e. The Kier molecular flexibility index (Phi) is 4.65. The van der Waals surface area contributed by atoms with Crippen LogP contribution < -0.4 is 14.8 Å². The number of nitrogens with one attached hydrogen (secondary N) is 1.